The molecule has 2 N–H and O–H groups in total. The minimum absolute atomic E-state index is 0.335. The molecule has 1 amide bonds. The van der Waals surface area contributed by atoms with Crippen molar-refractivity contribution in [3.63, 3.8) is 0 Å². The van der Waals surface area contributed by atoms with E-state index in [1.807, 2.05) is 0 Å². The Morgan fingerprint density at radius 1 is 1.22 bits per heavy atom. The lowest BCUT2D eigenvalue weighted by atomic mass is 9.88. The number of fused-ring (bicyclic) bond motifs is 2. The normalized spacial score (nSPS) is 43.1. The summed E-state index contributed by atoms with van der Waals surface area (Å²) >= 11 is 0. The molecule has 1 saturated heterocycles. The van der Waals surface area contributed by atoms with Gasteiger partial charge in [0.15, 0.2) is 0 Å². The molecule has 3 heteroatoms. The molecule has 102 valence electrons. The molecule has 0 aromatic rings. The molecule has 0 spiro atoms. The summed E-state index contributed by atoms with van der Waals surface area (Å²) in [7, 11) is 0. The van der Waals surface area contributed by atoms with Crippen LogP contribution in [0.1, 0.15) is 51.9 Å². The maximum absolute atomic E-state index is 12.2. The van der Waals surface area contributed by atoms with E-state index in [1.54, 1.807) is 0 Å². The van der Waals surface area contributed by atoms with Crippen LogP contribution in [0.2, 0.25) is 0 Å². The van der Waals surface area contributed by atoms with Gasteiger partial charge >= 0.3 is 0 Å². The van der Waals surface area contributed by atoms with E-state index in [4.69, 9.17) is 0 Å². The Kier molecular flexibility index (Phi) is 3.60. The van der Waals surface area contributed by atoms with Gasteiger partial charge in [0.05, 0.1) is 0 Å². The lowest BCUT2D eigenvalue weighted by Gasteiger charge is -2.29. The first-order valence-electron chi connectivity index (χ1n) is 7.76. The van der Waals surface area contributed by atoms with Crippen molar-refractivity contribution in [3.05, 3.63) is 0 Å². The predicted octanol–water partition coefficient (Wildman–Crippen LogP) is 2.07. The molecule has 2 bridgehead atoms. The minimum Gasteiger partial charge on any atom is -0.354 e. The van der Waals surface area contributed by atoms with Crippen LogP contribution in [0.4, 0.5) is 0 Å². The summed E-state index contributed by atoms with van der Waals surface area (Å²) in [4.78, 5) is 12.2. The number of hydrogen-bond donors (Lipinski definition) is 2. The van der Waals surface area contributed by atoms with Crippen molar-refractivity contribution >= 4 is 5.91 Å². The van der Waals surface area contributed by atoms with Crippen molar-refractivity contribution in [2.24, 2.45) is 17.8 Å². The van der Waals surface area contributed by atoms with Crippen molar-refractivity contribution in [1.82, 2.24) is 10.6 Å². The summed E-state index contributed by atoms with van der Waals surface area (Å²) in [5, 5.41) is 6.78. The van der Waals surface area contributed by atoms with Gasteiger partial charge in [-0.2, -0.15) is 0 Å². The summed E-state index contributed by atoms with van der Waals surface area (Å²) in [6, 6.07) is 1.11. The fourth-order valence-electron chi connectivity index (χ4n) is 4.32. The van der Waals surface area contributed by atoms with Crippen LogP contribution in [0.5, 0.6) is 0 Å². The van der Waals surface area contributed by atoms with Gasteiger partial charge in [0.25, 0.3) is 0 Å². The number of amides is 1. The molecule has 18 heavy (non-hydrogen) atoms. The van der Waals surface area contributed by atoms with Gasteiger partial charge in [-0.1, -0.05) is 12.8 Å². The van der Waals surface area contributed by atoms with Crippen molar-refractivity contribution in [2.75, 3.05) is 6.54 Å². The summed E-state index contributed by atoms with van der Waals surface area (Å²) in [5.74, 6) is 2.24. The molecule has 0 radical (unpaired) electrons. The van der Waals surface area contributed by atoms with E-state index < -0.39 is 0 Å². The number of carbonyl (C=O) groups excluding carboxylic acids is 1. The molecule has 1 aliphatic heterocycles. The average Bonchev–Trinajstić information content (AvgIpc) is 2.98. The van der Waals surface area contributed by atoms with Gasteiger partial charge in [-0.25, -0.2) is 0 Å². The third-order valence-corrected chi connectivity index (χ3v) is 5.31. The maximum Gasteiger partial charge on any atom is 0.223 e. The van der Waals surface area contributed by atoms with Crippen LogP contribution in [0.25, 0.3) is 0 Å². The van der Waals surface area contributed by atoms with E-state index in [9.17, 15) is 4.79 Å². The number of hydrogen-bond acceptors (Lipinski definition) is 2. The quantitative estimate of drug-likeness (QED) is 0.805. The Bertz CT molecular complexity index is 318. The van der Waals surface area contributed by atoms with Crippen LogP contribution in [0, 0.1) is 17.8 Å². The highest BCUT2D eigenvalue weighted by Crippen LogP contribution is 2.48. The Morgan fingerprint density at radius 2 is 2.11 bits per heavy atom. The fourth-order valence-corrected chi connectivity index (χ4v) is 4.32. The zero-order valence-corrected chi connectivity index (χ0v) is 11.5. The topological polar surface area (TPSA) is 41.1 Å². The molecule has 1 heterocycles. The molecule has 0 aromatic carbocycles. The molecular weight excluding hydrogens is 224 g/mol. The summed E-state index contributed by atoms with van der Waals surface area (Å²) in [6.07, 6.45) is 8.92. The van der Waals surface area contributed by atoms with Crippen LogP contribution < -0.4 is 10.6 Å². The van der Waals surface area contributed by atoms with E-state index in [0.717, 1.165) is 18.9 Å². The van der Waals surface area contributed by atoms with Gasteiger partial charge in [0.2, 0.25) is 5.91 Å². The molecule has 0 aromatic heterocycles. The third kappa shape index (κ3) is 2.56. The Labute approximate surface area is 110 Å². The minimum atomic E-state index is 0.335. The van der Waals surface area contributed by atoms with Gasteiger partial charge < -0.3 is 10.6 Å². The van der Waals surface area contributed by atoms with Crippen molar-refractivity contribution in [2.45, 2.75) is 64.0 Å². The van der Waals surface area contributed by atoms with Gasteiger partial charge in [0.1, 0.15) is 0 Å². The summed E-state index contributed by atoms with van der Waals surface area (Å²) in [5.41, 5.74) is 0. The molecule has 3 aliphatic rings. The second kappa shape index (κ2) is 5.20. The van der Waals surface area contributed by atoms with E-state index in [0.29, 0.717) is 29.8 Å². The van der Waals surface area contributed by atoms with Crippen molar-refractivity contribution in [3.8, 4) is 0 Å². The standard InChI is InChI=1S/C15H26N2O/c1-10-3-2-4-13(17-10)9-16-15(18)14-8-11-5-6-12(14)7-11/h10-14,17H,2-9H2,1H3,(H,16,18). The van der Waals surface area contributed by atoms with Gasteiger partial charge in [-0.3, -0.25) is 4.79 Å². The highest BCUT2D eigenvalue weighted by molar-refractivity contribution is 5.79. The number of nitrogens with one attached hydrogen (secondary N) is 2. The summed E-state index contributed by atoms with van der Waals surface area (Å²) < 4.78 is 0. The Morgan fingerprint density at radius 3 is 2.78 bits per heavy atom. The van der Waals surface area contributed by atoms with E-state index >= 15 is 0 Å². The van der Waals surface area contributed by atoms with Crippen LogP contribution in [0.15, 0.2) is 0 Å². The number of piperidine rings is 1. The Hall–Kier alpha value is -0.570. The molecule has 2 aliphatic carbocycles. The second-order valence-corrected chi connectivity index (χ2v) is 6.72. The largest absolute Gasteiger partial charge is 0.354 e. The van der Waals surface area contributed by atoms with Gasteiger partial charge in [-0.15, -0.1) is 0 Å². The number of rotatable bonds is 3. The average molecular weight is 250 g/mol. The van der Waals surface area contributed by atoms with E-state index in [1.165, 1.54) is 38.5 Å². The van der Waals surface area contributed by atoms with Gasteiger partial charge in [-0.05, 0) is 50.9 Å². The molecule has 3 rings (SSSR count). The van der Waals surface area contributed by atoms with Crippen molar-refractivity contribution < 1.29 is 4.79 Å². The van der Waals surface area contributed by atoms with E-state index in [2.05, 4.69) is 17.6 Å². The predicted molar refractivity (Wildman–Crippen MR) is 72.2 cm³/mol. The lowest BCUT2D eigenvalue weighted by molar-refractivity contribution is -0.126. The second-order valence-electron chi connectivity index (χ2n) is 6.72. The first-order valence-corrected chi connectivity index (χ1v) is 7.76. The van der Waals surface area contributed by atoms with Crippen molar-refractivity contribution in [1.29, 1.82) is 0 Å². The zero-order chi connectivity index (χ0) is 12.5. The molecular formula is C15H26N2O. The molecule has 5 atom stereocenters. The lowest BCUT2D eigenvalue weighted by Crippen LogP contribution is -2.48. The first kappa shape index (κ1) is 12.5. The fraction of sp³-hybridized carbons (Fsp3) is 0.933. The molecule has 3 fully saturated rings. The molecule has 2 saturated carbocycles. The SMILES string of the molecule is CC1CCCC(CNC(=O)C2CC3CCC2C3)N1. The van der Waals surface area contributed by atoms with Gasteiger partial charge in [0, 0.05) is 24.5 Å². The molecule has 5 unspecified atom stereocenters. The van der Waals surface area contributed by atoms with E-state index in [-0.39, 0.29) is 0 Å². The zero-order valence-electron chi connectivity index (χ0n) is 11.5. The first-order chi connectivity index (χ1) is 8.72. The van der Waals surface area contributed by atoms with Crippen LogP contribution in [-0.4, -0.2) is 24.5 Å². The smallest absolute Gasteiger partial charge is 0.223 e. The van der Waals surface area contributed by atoms with Crippen LogP contribution in [-0.2, 0) is 4.79 Å². The third-order valence-electron chi connectivity index (χ3n) is 5.31. The summed E-state index contributed by atoms with van der Waals surface area (Å²) in [6.45, 7) is 3.07. The highest BCUT2D eigenvalue weighted by Gasteiger charge is 2.42. The number of carbonyl (C=O) groups is 1. The van der Waals surface area contributed by atoms with Crippen LogP contribution >= 0.6 is 0 Å². The highest BCUT2D eigenvalue weighted by atomic mass is 16.1. The Balaban J connectivity index is 1.44. The van der Waals surface area contributed by atoms with Crippen LogP contribution in [0.3, 0.4) is 0 Å². The monoisotopic (exact) mass is 250 g/mol. The molecule has 3 nitrogen and oxygen atoms in total. The maximum atomic E-state index is 12.2.